The highest BCUT2D eigenvalue weighted by Crippen LogP contribution is 2.33. The number of nitrogens with zero attached hydrogens (tertiary/aromatic N) is 2. The summed E-state index contributed by atoms with van der Waals surface area (Å²) in [5.74, 6) is 1.09. The molecule has 1 atom stereocenters. The van der Waals surface area contributed by atoms with Gasteiger partial charge in [-0.25, -0.2) is 8.42 Å². The molecule has 0 radical (unpaired) electrons. The summed E-state index contributed by atoms with van der Waals surface area (Å²) in [6.07, 6.45) is 3.49. The highest BCUT2D eigenvalue weighted by atomic mass is 32.2. The van der Waals surface area contributed by atoms with Gasteiger partial charge in [-0.1, -0.05) is 0 Å². The second-order valence-corrected chi connectivity index (χ2v) is 9.20. The Labute approximate surface area is 165 Å². The molecule has 9 heteroatoms. The van der Waals surface area contributed by atoms with Crippen molar-refractivity contribution >= 4 is 15.9 Å². The molecule has 2 saturated heterocycles. The number of piperazine rings is 1. The fraction of sp³-hybridized carbons (Fsp3) is 0.632. The number of sulfonamides is 1. The first-order valence-electron chi connectivity index (χ1n) is 9.83. The van der Waals surface area contributed by atoms with Crippen molar-refractivity contribution in [3.8, 4) is 11.5 Å². The molecular weight excluding hydrogens is 384 g/mol. The maximum absolute atomic E-state index is 13.0. The van der Waals surface area contributed by atoms with Crippen LogP contribution in [0.5, 0.6) is 11.5 Å². The first-order valence-corrected chi connectivity index (χ1v) is 11.3. The monoisotopic (exact) mass is 410 g/mol. The number of benzene rings is 1. The molecule has 1 aromatic carbocycles. The van der Waals surface area contributed by atoms with Crippen LogP contribution in [0.2, 0.25) is 0 Å². The molecule has 0 spiro atoms. The van der Waals surface area contributed by atoms with Crippen LogP contribution in [0.25, 0.3) is 0 Å². The maximum Gasteiger partial charge on any atom is 0.243 e. The Morgan fingerprint density at radius 3 is 2.50 bits per heavy atom. The average Bonchev–Trinajstić information content (AvgIpc) is 3.25. The SMILES string of the molecule is O=C(CCC1CCCO1)N1CCN(S(=O)(=O)c2ccc3c(c2)OCCO3)CC1. The summed E-state index contributed by atoms with van der Waals surface area (Å²) in [5.41, 5.74) is 0. The summed E-state index contributed by atoms with van der Waals surface area (Å²) in [6, 6.07) is 4.69. The quantitative estimate of drug-likeness (QED) is 0.726. The molecule has 3 heterocycles. The lowest BCUT2D eigenvalue weighted by atomic mass is 10.1. The number of hydrogen-bond donors (Lipinski definition) is 0. The van der Waals surface area contributed by atoms with Crippen LogP contribution in [0.15, 0.2) is 23.1 Å². The minimum Gasteiger partial charge on any atom is -0.486 e. The normalized spacial score (nSPS) is 23.0. The molecule has 8 nitrogen and oxygen atoms in total. The number of fused-ring (bicyclic) bond motifs is 1. The van der Waals surface area contributed by atoms with Crippen molar-refractivity contribution in [2.45, 2.75) is 36.7 Å². The molecule has 0 aromatic heterocycles. The van der Waals surface area contributed by atoms with Crippen LogP contribution >= 0.6 is 0 Å². The second-order valence-electron chi connectivity index (χ2n) is 7.26. The average molecular weight is 410 g/mol. The van der Waals surface area contributed by atoms with Crippen LogP contribution in [-0.2, 0) is 19.6 Å². The lowest BCUT2D eigenvalue weighted by molar-refractivity contribution is -0.133. The van der Waals surface area contributed by atoms with Gasteiger partial charge in [-0.2, -0.15) is 4.31 Å². The van der Waals surface area contributed by atoms with Crippen molar-refractivity contribution in [3.05, 3.63) is 18.2 Å². The lowest BCUT2D eigenvalue weighted by Crippen LogP contribution is -2.50. The Morgan fingerprint density at radius 2 is 1.79 bits per heavy atom. The van der Waals surface area contributed by atoms with E-state index in [0.717, 1.165) is 25.9 Å². The molecular formula is C19H26N2O6S. The third kappa shape index (κ3) is 4.11. The van der Waals surface area contributed by atoms with E-state index in [1.807, 2.05) is 0 Å². The molecule has 1 amide bonds. The van der Waals surface area contributed by atoms with E-state index in [9.17, 15) is 13.2 Å². The topological polar surface area (TPSA) is 85.4 Å². The summed E-state index contributed by atoms with van der Waals surface area (Å²) in [4.78, 5) is 14.4. The van der Waals surface area contributed by atoms with Crippen molar-refractivity contribution in [2.75, 3.05) is 46.0 Å². The molecule has 154 valence electrons. The zero-order valence-corrected chi connectivity index (χ0v) is 16.7. The lowest BCUT2D eigenvalue weighted by Gasteiger charge is -2.34. The fourth-order valence-corrected chi connectivity index (χ4v) is 5.26. The Kier molecular flexibility index (Phi) is 5.75. The van der Waals surface area contributed by atoms with Crippen molar-refractivity contribution < 1.29 is 27.4 Å². The molecule has 1 unspecified atom stereocenters. The maximum atomic E-state index is 13.0. The van der Waals surface area contributed by atoms with Crippen molar-refractivity contribution in [1.29, 1.82) is 0 Å². The fourth-order valence-electron chi connectivity index (χ4n) is 3.83. The van der Waals surface area contributed by atoms with E-state index >= 15 is 0 Å². The summed E-state index contributed by atoms with van der Waals surface area (Å²) in [6.45, 7) is 3.06. The van der Waals surface area contributed by atoms with E-state index in [4.69, 9.17) is 14.2 Å². The predicted octanol–water partition coefficient (Wildman–Crippen LogP) is 1.25. The molecule has 0 saturated carbocycles. The van der Waals surface area contributed by atoms with Crippen LogP contribution in [0.3, 0.4) is 0 Å². The molecule has 28 heavy (non-hydrogen) atoms. The molecule has 2 fully saturated rings. The molecule has 4 rings (SSSR count). The van der Waals surface area contributed by atoms with Gasteiger partial charge in [0.1, 0.15) is 13.2 Å². The van der Waals surface area contributed by atoms with E-state index in [1.54, 1.807) is 17.0 Å². The van der Waals surface area contributed by atoms with Crippen LogP contribution in [0, 0.1) is 0 Å². The highest BCUT2D eigenvalue weighted by Gasteiger charge is 2.31. The minimum absolute atomic E-state index is 0.0758. The van der Waals surface area contributed by atoms with Gasteiger partial charge in [-0.3, -0.25) is 4.79 Å². The second kappa shape index (κ2) is 8.26. The molecule has 0 aliphatic carbocycles. The van der Waals surface area contributed by atoms with E-state index in [1.165, 1.54) is 10.4 Å². The van der Waals surface area contributed by atoms with E-state index < -0.39 is 10.0 Å². The number of ether oxygens (including phenoxy) is 3. The van der Waals surface area contributed by atoms with Crippen molar-refractivity contribution in [1.82, 2.24) is 9.21 Å². The predicted molar refractivity (Wildman–Crippen MR) is 101 cm³/mol. The summed E-state index contributed by atoms with van der Waals surface area (Å²) >= 11 is 0. The Balaban J connectivity index is 1.34. The van der Waals surface area contributed by atoms with Crippen LogP contribution in [0.4, 0.5) is 0 Å². The van der Waals surface area contributed by atoms with Gasteiger partial charge in [-0.05, 0) is 31.4 Å². The van der Waals surface area contributed by atoms with E-state index in [-0.39, 0.29) is 16.9 Å². The van der Waals surface area contributed by atoms with Gasteiger partial charge in [0.25, 0.3) is 0 Å². The first-order chi connectivity index (χ1) is 13.5. The first kappa shape index (κ1) is 19.5. The summed E-state index contributed by atoms with van der Waals surface area (Å²) < 4.78 is 43.9. The van der Waals surface area contributed by atoms with Crippen molar-refractivity contribution in [2.24, 2.45) is 0 Å². The smallest absolute Gasteiger partial charge is 0.243 e. The highest BCUT2D eigenvalue weighted by molar-refractivity contribution is 7.89. The van der Waals surface area contributed by atoms with Gasteiger partial charge in [-0.15, -0.1) is 0 Å². The van der Waals surface area contributed by atoms with Gasteiger partial charge in [0.2, 0.25) is 15.9 Å². The zero-order valence-electron chi connectivity index (χ0n) is 15.8. The van der Waals surface area contributed by atoms with Crippen LogP contribution in [-0.4, -0.2) is 75.6 Å². The van der Waals surface area contributed by atoms with Gasteiger partial charge in [0.05, 0.1) is 11.0 Å². The molecule has 3 aliphatic rings. The molecule has 0 N–H and O–H groups in total. The third-order valence-corrected chi connectivity index (χ3v) is 7.34. The Bertz CT molecular complexity index is 814. The minimum atomic E-state index is -3.63. The number of carbonyl (C=O) groups excluding carboxylic acids is 1. The van der Waals surface area contributed by atoms with Crippen LogP contribution < -0.4 is 9.47 Å². The standard InChI is InChI=1S/C19H26N2O6S/c22-19(6-3-15-2-1-11-25-15)20-7-9-21(10-8-20)28(23,24)16-4-5-17-18(14-16)27-13-12-26-17/h4-5,14-15H,1-3,6-13H2. The van der Waals surface area contributed by atoms with Gasteiger partial charge >= 0.3 is 0 Å². The van der Waals surface area contributed by atoms with Crippen molar-refractivity contribution in [3.63, 3.8) is 0 Å². The van der Waals surface area contributed by atoms with Gasteiger partial charge in [0, 0.05) is 45.3 Å². The number of hydrogen-bond acceptors (Lipinski definition) is 6. The Morgan fingerprint density at radius 1 is 1.04 bits per heavy atom. The van der Waals surface area contributed by atoms with E-state index in [0.29, 0.717) is 57.3 Å². The third-order valence-electron chi connectivity index (χ3n) is 5.45. The van der Waals surface area contributed by atoms with E-state index in [2.05, 4.69) is 0 Å². The number of rotatable bonds is 5. The molecule has 1 aromatic rings. The molecule has 3 aliphatic heterocycles. The van der Waals surface area contributed by atoms with Gasteiger partial charge in [0.15, 0.2) is 11.5 Å². The number of amides is 1. The summed E-state index contributed by atoms with van der Waals surface area (Å²) in [5, 5.41) is 0. The summed E-state index contributed by atoms with van der Waals surface area (Å²) in [7, 11) is -3.63. The number of carbonyl (C=O) groups is 1. The van der Waals surface area contributed by atoms with Gasteiger partial charge < -0.3 is 19.1 Å². The largest absolute Gasteiger partial charge is 0.486 e. The molecule has 0 bridgehead atoms. The Hall–Kier alpha value is -1.84. The van der Waals surface area contributed by atoms with Crippen LogP contribution in [0.1, 0.15) is 25.7 Å². The zero-order chi connectivity index (χ0) is 19.6.